The molecule has 1 N–H and O–H groups in total. The summed E-state index contributed by atoms with van der Waals surface area (Å²) in [4.78, 5) is 14.5. The van der Waals surface area contributed by atoms with E-state index in [2.05, 4.69) is 34.3 Å². The lowest BCUT2D eigenvalue weighted by atomic mass is 9.90. The lowest BCUT2D eigenvalue weighted by molar-refractivity contribution is -0.117. The van der Waals surface area contributed by atoms with Gasteiger partial charge in [-0.25, -0.2) is 0 Å². The van der Waals surface area contributed by atoms with Crippen LogP contribution >= 0.6 is 11.3 Å². The summed E-state index contributed by atoms with van der Waals surface area (Å²) >= 11 is 1.56. The molecular formula is C17H28N4OS. The van der Waals surface area contributed by atoms with Crippen LogP contribution in [0.3, 0.4) is 0 Å². The lowest BCUT2D eigenvalue weighted by Gasteiger charge is -2.34. The molecule has 2 aliphatic rings. The van der Waals surface area contributed by atoms with E-state index in [1.807, 2.05) is 0 Å². The molecule has 1 saturated heterocycles. The van der Waals surface area contributed by atoms with Crippen LogP contribution in [0, 0.1) is 11.8 Å². The first-order valence-corrected chi connectivity index (χ1v) is 9.77. The number of carbonyl (C=O) groups is 1. The second-order valence-electron chi connectivity index (χ2n) is 7.47. The fourth-order valence-corrected chi connectivity index (χ4v) is 5.01. The molecule has 3 rings (SSSR count). The second kappa shape index (κ2) is 7.71. The molecule has 1 saturated carbocycles. The highest BCUT2D eigenvalue weighted by atomic mass is 32.1. The van der Waals surface area contributed by atoms with Crippen LogP contribution in [0.25, 0.3) is 0 Å². The number of rotatable bonds is 4. The summed E-state index contributed by atoms with van der Waals surface area (Å²) in [7, 11) is 0. The van der Waals surface area contributed by atoms with E-state index in [0.29, 0.717) is 29.4 Å². The highest BCUT2D eigenvalue weighted by Crippen LogP contribution is 2.35. The van der Waals surface area contributed by atoms with Crippen molar-refractivity contribution >= 4 is 22.4 Å². The number of aromatic nitrogens is 2. The van der Waals surface area contributed by atoms with Crippen molar-refractivity contribution in [3.05, 3.63) is 5.01 Å². The third-order valence-electron chi connectivity index (χ3n) is 4.95. The topological polar surface area (TPSA) is 58.1 Å². The van der Waals surface area contributed by atoms with E-state index >= 15 is 0 Å². The summed E-state index contributed by atoms with van der Waals surface area (Å²) in [5.74, 6) is 1.94. The molecule has 0 aromatic carbocycles. The summed E-state index contributed by atoms with van der Waals surface area (Å²) in [6.45, 7) is 7.03. The van der Waals surface area contributed by atoms with E-state index < -0.39 is 0 Å². The lowest BCUT2D eigenvalue weighted by Crippen LogP contribution is -2.42. The second-order valence-corrected chi connectivity index (χ2v) is 8.48. The van der Waals surface area contributed by atoms with Crippen LogP contribution in [-0.4, -0.2) is 40.6 Å². The number of carbonyl (C=O) groups excluding carboxylic acids is 1. The number of hydrogen-bond donors (Lipinski definition) is 1. The van der Waals surface area contributed by atoms with Gasteiger partial charge < -0.3 is 0 Å². The smallest absolute Gasteiger partial charge is 0.240 e. The highest BCUT2D eigenvalue weighted by molar-refractivity contribution is 7.15. The largest absolute Gasteiger partial charge is 0.299 e. The molecule has 0 spiro atoms. The zero-order valence-corrected chi connectivity index (χ0v) is 15.1. The van der Waals surface area contributed by atoms with Gasteiger partial charge in [-0.05, 0) is 31.1 Å². The maximum atomic E-state index is 12.3. The summed E-state index contributed by atoms with van der Waals surface area (Å²) in [5.41, 5.74) is 0. The van der Waals surface area contributed by atoms with Crippen molar-refractivity contribution < 1.29 is 4.79 Å². The van der Waals surface area contributed by atoms with Gasteiger partial charge in [-0.3, -0.25) is 15.0 Å². The first kappa shape index (κ1) is 16.8. The Hall–Kier alpha value is -1.01. The number of nitrogens with one attached hydrogen (secondary N) is 1. The molecule has 1 amide bonds. The van der Waals surface area contributed by atoms with E-state index in [-0.39, 0.29) is 5.91 Å². The monoisotopic (exact) mass is 336 g/mol. The van der Waals surface area contributed by atoms with Gasteiger partial charge in [-0.2, -0.15) is 0 Å². The first-order chi connectivity index (χ1) is 11.1. The Labute approximate surface area is 142 Å². The minimum Gasteiger partial charge on any atom is -0.299 e. The number of anilines is 1. The molecule has 1 aliphatic heterocycles. The molecule has 0 radical (unpaired) electrons. The van der Waals surface area contributed by atoms with Crippen LogP contribution in [0.2, 0.25) is 0 Å². The van der Waals surface area contributed by atoms with Crippen molar-refractivity contribution in [2.45, 2.75) is 58.3 Å². The van der Waals surface area contributed by atoms with E-state index in [1.165, 1.54) is 38.5 Å². The van der Waals surface area contributed by atoms with Crippen LogP contribution in [0.5, 0.6) is 0 Å². The number of likely N-dealkylation sites (tertiary alicyclic amines) is 1. The Morgan fingerprint density at radius 3 is 2.57 bits per heavy atom. The minimum absolute atomic E-state index is 0.0395. The van der Waals surface area contributed by atoms with Crippen LogP contribution < -0.4 is 5.32 Å². The van der Waals surface area contributed by atoms with Crippen molar-refractivity contribution in [2.75, 3.05) is 25.0 Å². The predicted octanol–water partition coefficient (Wildman–Crippen LogP) is 3.50. The van der Waals surface area contributed by atoms with E-state index in [9.17, 15) is 4.79 Å². The molecule has 2 fully saturated rings. The number of amides is 1. The van der Waals surface area contributed by atoms with E-state index in [1.54, 1.807) is 11.3 Å². The fraction of sp³-hybridized carbons (Fsp3) is 0.824. The van der Waals surface area contributed by atoms with Gasteiger partial charge in [0.2, 0.25) is 11.0 Å². The number of piperidine rings is 1. The van der Waals surface area contributed by atoms with Gasteiger partial charge in [0.05, 0.1) is 6.54 Å². The van der Waals surface area contributed by atoms with Gasteiger partial charge in [0.1, 0.15) is 5.01 Å². The number of hydrogen-bond acceptors (Lipinski definition) is 5. The van der Waals surface area contributed by atoms with Crippen LogP contribution in [0.4, 0.5) is 5.13 Å². The fourth-order valence-electron chi connectivity index (χ4n) is 4.08. The zero-order valence-electron chi connectivity index (χ0n) is 14.3. The molecule has 128 valence electrons. The molecule has 5 nitrogen and oxygen atoms in total. The molecule has 23 heavy (non-hydrogen) atoms. The molecular weight excluding hydrogens is 308 g/mol. The number of nitrogens with zero attached hydrogens (tertiary/aromatic N) is 3. The van der Waals surface area contributed by atoms with Crippen LogP contribution in [0.15, 0.2) is 0 Å². The zero-order chi connectivity index (χ0) is 16.2. The molecule has 2 heterocycles. The Morgan fingerprint density at radius 1 is 1.17 bits per heavy atom. The predicted molar refractivity (Wildman–Crippen MR) is 93.7 cm³/mol. The van der Waals surface area contributed by atoms with Gasteiger partial charge in [-0.15, -0.1) is 10.2 Å². The molecule has 1 aliphatic carbocycles. The summed E-state index contributed by atoms with van der Waals surface area (Å²) < 4.78 is 0. The summed E-state index contributed by atoms with van der Waals surface area (Å²) in [6, 6.07) is 0. The Morgan fingerprint density at radius 2 is 1.87 bits per heavy atom. The van der Waals surface area contributed by atoms with Crippen molar-refractivity contribution in [3.63, 3.8) is 0 Å². The van der Waals surface area contributed by atoms with Gasteiger partial charge in [-0.1, -0.05) is 44.4 Å². The minimum atomic E-state index is 0.0395. The standard InChI is InChI=1S/C17H28N4OS/c1-12-8-13(2)10-21(9-12)11-15(22)18-17-20-19-16(23-17)14-6-4-3-5-7-14/h12-14H,3-11H2,1-2H3,(H,18,20,22). The van der Waals surface area contributed by atoms with Gasteiger partial charge in [0, 0.05) is 19.0 Å². The normalized spacial score (nSPS) is 27.0. The molecule has 1 aromatic rings. The van der Waals surface area contributed by atoms with E-state index in [0.717, 1.165) is 18.1 Å². The first-order valence-electron chi connectivity index (χ1n) is 8.95. The Kier molecular flexibility index (Phi) is 5.64. The SMILES string of the molecule is CC1CC(C)CN(CC(=O)Nc2nnc(C3CCCCC3)s2)C1. The molecule has 2 unspecified atom stereocenters. The average molecular weight is 337 g/mol. The van der Waals surface area contributed by atoms with Crippen molar-refractivity contribution in [1.29, 1.82) is 0 Å². The third kappa shape index (κ3) is 4.73. The molecule has 2 atom stereocenters. The molecule has 6 heteroatoms. The Balaban J connectivity index is 1.50. The van der Waals surface area contributed by atoms with Crippen LogP contribution in [-0.2, 0) is 4.79 Å². The van der Waals surface area contributed by atoms with Crippen molar-refractivity contribution in [1.82, 2.24) is 15.1 Å². The maximum Gasteiger partial charge on any atom is 0.240 e. The Bertz CT molecular complexity index is 516. The third-order valence-corrected chi connectivity index (χ3v) is 5.95. The average Bonchev–Trinajstić information content (AvgIpc) is 2.95. The van der Waals surface area contributed by atoms with Crippen LogP contribution in [0.1, 0.15) is 63.3 Å². The summed E-state index contributed by atoms with van der Waals surface area (Å²) in [6.07, 6.45) is 7.61. The highest BCUT2D eigenvalue weighted by Gasteiger charge is 2.24. The summed E-state index contributed by atoms with van der Waals surface area (Å²) in [5, 5.41) is 13.2. The maximum absolute atomic E-state index is 12.3. The van der Waals surface area contributed by atoms with Crippen molar-refractivity contribution in [2.24, 2.45) is 11.8 Å². The van der Waals surface area contributed by atoms with Crippen molar-refractivity contribution in [3.8, 4) is 0 Å². The van der Waals surface area contributed by atoms with Gasteiger partial charge in [0.15, 0.2) is 0 Å². The quantitative estimate of drug-likeness (QED) is 0.914. The van der Waals surface area contributed by atoms with Gasteiger partial charge >= 0.3 is 0 Å². The van der Waals surface area contributed by atoms with E-state index in [4.69, 9.17) is 0 Å². The molecule has 1 aromatic heterocycles. The van der Waals surface area contributed by atoms with Gasteiger partial charge in [0.25, 0.3) is 0 Å². The molecule has 0 bridgehead atoms.